The van der Waals surface area contributed by atoms with Gasteiger partial charge in [0.1, 0.15) is 5.82 Å². The first-order valence-corrected chi connectivity index (χ1v) is 8.21. The minimum absolute atomic E-state index is 0.602. The van der Waals surface area contributed by atoms with Crippen LogP contribution >= 0.6 is 22.9 Å². The Morgan fingerprint density at radius 3 is 2.75 bits per heavy atom. The van der Waals surface area contributed by atoms with Crippen molar-refractivity contribution in [1.29, 1.82) is 0 Å². The minimum atomic E-state index is 0.602. The van der Waals surface area contributed by atoms with Crippen LogP contribution in [0.3, 0.4) is 0 Å². The predicted octanol–water partition coefficient (Wildman–Crippen LogP) is 4.54. The van der Waals surface area contributed by atoms with Gasteiger partial charge >= 0.3 is 0 Å². The Balaban J connectivity index is 2.14. The Morgan fingerprint density at radius 1 is 1.20 bits per heavy atom. The zero-order chi connectivity index (χ0) is 14.1. The first-order chi connectivity index (χ1) is 9.70. The van der Waals surface area contributed by atoms with Crippen LogP contribution in [0.5, 0.6) is 0 Å². The summed E-state index contributed by atoms with van der Waals surface area (Å²) < 4.78 is 2.31. The molecular weight excluding hydrogens is 288 g/mol. The smallest absolute Gasteiger partial charge is 0.111 e. The number of alkyl halides is 1. The molecule has 0 atom stereocenters. The van der Waals surface area contributed by atoms with E-state index in [-0.39, 0.29) is 0 Å². The van der Waals surface area contributed by atoms with Gasteiger partial charge in [-0.2, -0.15) is 11.3 Å². The number of aromatic nitrogens is 2. The molecule has 0 saturated carbocycles. The average Bonchev–Trinajstić information content (AvgIpc) is 2.98. The van der Waals surface area contributed by atoms with E-state index in [9.17, 15) is 0 Å². The van der Waals surface area contributed by atoms with Crippen LogP contribution in [-0.2, 0) is 13.0 Å². The van der Waals surface area contributed by atoms with Crippen molar-refractivity contribution < 1.29 is 0 Å². The fourth-order valence-electron chi connectivity index (χ4n) is 2.51. The molecule has 0 fully saturated rings. The number of nitrogens with zero attached hydrogens (tertiary/aromatic N) is 2. The number of imidazole rings is 1. The highest BCUT2D eigenvalue weighted by atomic mass is 35.5. The van der Waals surface area contributed by atoms with Crippen molar-refractivity contribution in [3.63, 3.8) is 0 Å². The van der Waals surface area contributed by atoms with Gasteiger partial charge < -0.3 is 4.57 Å². The summed E-state index contributed by atoms with van der Waals surface area (Å²) in [5.74, 6) is 1.68. The molecule has 0 saturated heterocycles. The van der Waals surface area contributed by atoms with Gasteiger partial charge in [0.05, 0.1) is 17.6 Å². The van der Waals surface area contributed by atoms with Crippen molar-refractivity contribution in [2.45, 2.75) is 26.8 Å². The zero-order valence-electron chi connectivity index (χ0n) is 11.7. The van der Waals surface area contributed by atoms with Crippen molar-refractivity contribution in [2.75, 3.05) is 5.88 Å². The lowest BCUT2D eigenvalue weighted by Gasteiger charge is -2.08. The van der Waals surface area contributed by atoms with Gasteiger partial charge in [-0.15, -0.1) is 11.6 Å². The molecule has 0 radical (unpaired) electrons. The normalized spacial score (nSPS) is 11.3. The topological polar surface area (TPSA) is 17.8 Å². The summed E-state index contributed by atoms with van der Waals surface area (Å²) in [5.41, 5.74) is 6.24. The molecule has 0 unspecified atom stereocenters. The third-order valence-electron chi connectivity index (χ3n) is 3.67. The van der Waals surface area contributed by atoms with E-state index in [0.29, 0.717) is 5.88 Å². The Hall–Kier alpha value is -1.32. The lowest BCUT2D eigenvalue weighted by molar-refractivity contribution is 0.753. The summed E-state index contributed by atoms with van der Waals surface area (Å²) in [7, 11) is 0. The van der Waals surface area contributed by atoms with Crippen molar-refractivity contribution in [3.05, 3.63) is 51.5 Å². The first-order valence-electron chi connectivity index (χ1n) is 6.73. The van der Waals surface area contributed by atoms with Gasteiger partial charge in [0.25, 0.3) is 0 Å². The number of hydrogen-bond donors (Lipinski definition) is 0. The van der Waals surface area contributed by atoms with Gasteiger partial charge in [0, 0.05) is 12.3 Å². The van der Waals surface area contributed by atoms with Crippen LogP contribution in [0.4, 0.5) is 0 Å². The summed E-state index contributed by atoms with van der Waals surface area (Å²) in [5, 5.41) is 4.42. The van der Waals surface area contributed by atoms with E-state index in [1.807, 2.05) is 0 Å². The number of fused-ring (bicyclic) bond motifs is 1. The SMILES string of the molecule is Cc1cscc1Cn1c(CCCl)nc2c(C)cccc21. The second-order valence-electron chi connectivity index (χ2n) is 5.08. The molecule has 0 spiro atoms. The molecule has 104 valence electrons. The van der Waals surface area contributed by atoms with Crippen molar-refractivity contribution in [1.82, 2.24) is 9.55 Å². The van der Waals surface area contributed by atoms with Gasteiger partial charge in [-0.3, -0.25) is 0 Å². The molecule has 2 aromatic heterocycles. The highest BCUT2D eigenvalue weighted by Crippen LogP contribution is 2.23. The average molecular weight is 305 g/mol. The Morgan fingerprint density at radius 2 is 2.05 bits per heavy atom. The molecule has 20 heavy (non-hydrogen) atoms. The van der Waals surface area contributed by atoms with Crippen LogP contribution in [0, 0.1) is 13.8 Å². The van der Waals surface area contributed by atoms with E-state index in [4.69, 9.17) is 16.6 Å². The van der Waals surface area contributed by atoms with Crippen molar-refractivity contribution in [2.24, 2.45) is 0 Å². The van der Waals surface area contributed by atoms with Crippen LogP contribution in [0.1, 0.15) is 22.5 Å². The predicted molar refractivity (Wildman–Crippen MR) is 87.1 cm³/mol. The van der Waals surface area contributed by atoms with Crippen LogP contribution in [-0.4, -0.2) is 15.4 Å². The number of halogens is 1. The molecule has 3 rings (SSSR count). The molecule has 0 aliphatic rings. The summed E-state index contributed by atoms with van der Waals surface area (Å²) in [6.45, 7) is 5.15. The molecule has 0 aliphatic carbocycles. The standard InChI is InChI=1S/C16H17ClN2S/c1-11-4-3-5-14-16(11)18-15(6-7-17)19(14)8-13-10-20-9-12(13)2/h3-5,9-10H,6-8H2,1-2H3. The van der Waals surface area contributed by atoms with Gasteiger partial charge in [-0.1, -0.05) is 12.1 Å². The monoisotopic (exact) mass is 304 g/mol. The molecule has 0 amide bonds. The number of rotatable bonds is 4. The second-order valence-corrected chi connectivity index (χ2v) is 6.20. The summed E-state index contributed by atoms with van der Waals surface area (Å²) in [4.78, 5) is 4.79. The maximum absolute atomic E-state index is 5.94. The van der Waals surface area contributed by atoms with E-state index >= 15 is 0 Å². The van der Waals surface area contributed by atoms with Gasteiger partial charge in [0.15, 0.2) is 0 Å². The van der Waals surface area contributed by atoms with Crippen molar-refractivity contribution in [3.8, 4) is 0 Å². The van der Waals surface area contributed by atoms with Crippen LogP contribution in [0.2, 0.25) is 0 Å². The summed E-state index contributed by atoms with van der Waals surface area (Å²) >= 11 is 7.69. The number of thiophene rings is 1. The van der Waals surface area contributed by atoms with Gasteiger partial charge in [-0.25, -0.2) is 4.98 Å². The highest BCUT2D eigenvalue weighted by molar-refractivity contribution is 7.08. The molecular formula is C16H17ClN2S. The molecule has 0 bridgehead atoms. The van der Waals surface area contributed by atoms with Crippen molar-refractivity contribution >= 4 is 34.0 Å². The molecule has 3 aromatic rings. The van der Waals surface area contributed by atoms with Crippen LogP contribution in [0.15, 0.2) is 29.0 Å². The first kappa shape index (κ1) is 13.7. The molecule has 4 heteroatoms. The molecule has 1 aromatic carbocycles. The fourth-order valence-corrected chi connectivity index (χ4v) is 3.52. The second kappa shape index (κ2) is 5.58. The largest absolute Gasteiger partial charge is 0.323 e. The summed E-state index contributed by atoms with van der Waals surface area (Å²) in [6, 6.07) is 6.36. The quantitative estimate of drug-likeness (QED) is 0.647. The number of hydrogen-bond acceptors (Lipinski definition) is 2. The number of aryl methyl sites for hydroxylation is 3. The van der Waals surface area contributed by atoms with Crippen LogP contribution in [0.25, 0.3) is 11.0 Å². The molecule has 0 aliphatic heterocycles. The third kappa shape index (κ3) is 2.36. The maximum atomic E-state index is 5.94. The highest BCUT2D eigenvalue weighted by Gasteiger charge is 2.13. The number of benzene rings is 1. The summed E-state index contributed by atoms with van der Waals surface area (Å²) in [6.07, 6.45) is 0.804. The minimum Gasteiger partial charge on any atom is -0.323 e. The van der Waals surface area contributed by atoms with Gasteiger partial charge in [0.2, 0.25) is 0 Å². The lowest BCUT2D eigenvalue weighted by atomic mass is 10.2. The number of para-hydroxylation sites is 1. The third-order valence-corrected chi connectivity index (χ3v) is 4.77. The van der Waals surface area contributed by atoms with E-state index in [0.717, 1.165) is 24.3 Å². The zero-order valence-corrected chi connectivity index (χ0v) is 13.3. The van der Waals surface area contributed by atoms with E-state index in [1.54, 1.807) is 11.3 Å². The Kier molecular flexibility index (Phi) is 3.81. The van der Waals surface area contributed by atoms with E-state index in [2.05, 4.69) is 47.4 Å². The van der Waals surface area contributed by atoms with E-state index < -0.39 is 0 Å². The maximum Gasteiger partial charge on any atom is 0.111 e. The fraction of sp³-hybridized carbons (Fsp3) is 0.312. The molecule has 2 nitrogen and oxygen atoms in total. The molecule has 2 heterocycles. The lowest BCUT2D eigenvalue weighted by Crippen LogP contribution is -2.06. The Labute approximate surface area is 128 Å². The Bertz CT molecular complexity index is 742. The van der Waals surface area contributed by atoms with Crippen LogP contribution < -0.4 is 0 Å². The van der Waals surface area contributed by atoms with E-state index in [1.165, 1.54) is 22.2 Å². The van der Waals surface area contributed by atoms with Gasteiger partial charge in [-0.05, 0) is 47.4 Å². The molecule has 0 N–H and O–H groups in total.